The van der Waals surface area contributed by atoms with Crippen LogP contribution in [0.2, 0.25) is 0 Å². The highest BCUT2D eigenvalue weighted by Crippen LogP contribution is 2.29. The Hall–Kier alpha value is -0.720. The fourth-order valence-electron chi connectivity index (χ4n) is 1.02. The molecule has 1 heterocycles. The quantitative estimate of drug-likeness (QED) is 0.602. The van der Waals surface area contributed by atoms with Gasteiger partial charge in [-0.2, -0.15) is 0 Å². The standard InChI is InChI=1S/C8H11ClN2O3S/c1-4(12)10-2-3-15-6-5(9)7(13)11-8(6)14/h8,14H,2-3H2,1H3,(H,10,12)(H,11,13). The fourth-order valence-corrected chi connectivity index (χ4v) is 2.20. The van der Waals surface area contributed by atoms with E-state index in [0.29, 0.717) is 17.2 Å². The molecular formula is C8H11ClN2O3S. The molecule has 2 amide bonds. The van der Waals surface area contributed by atoms with E-state index in [0.717, 1.165) is 0 Å². The van der Waals surface area contributed by atoms with Crippen LogP contribution in [0.4, 0.5) is 0 Å². The van der Waals surface area contributed by atoms with Gasteiger partial charge in [0.1, 0.15) is 5.03 Å². The van der Waals surface area contributed by atoms with Gasteiger partial charge < -0.3 is 15.7 Å². The van der Waals surface area contributed by atoms with Gasteiger partial charge in [0.2, 0.25) is 5.91 Å². The minimum atomic E-state index is -1.02. The minimum Gasteiger partial charge on any atom is -0.369 e. The Morgan fingerprint density at radius 1 is 1.73 bits per heavy atom. The summed E-state index contributed by atoms with van der Waals surface area (Å²) in [6, 6.07) is 0. The Labute approximate surface area is 96.2 Å². The van der Waals surface area contributed by atoms with Gasteiger partial charge in [0.05, 0.1) is 4.91 Å². The molecule has 0 spiro atoms. The van der Waals surface area contributed by atoms with Crippen LogP contribution >= 0.6 is 23.4 Å². The van der Waals surface area contributed by atoms with E-state index in [-0.39, 0.29) is 10.9 Å². The van der Waals surface area contributed by atoms with Crippen molar-refractivity contribution < 1.29 is 14.7 Å². The number of halogens is 1. The molecule has 0 saturated heterocycles. The topological polar surface area (TPSA) is 78.4 Å². The van der Waals surface area contributed by atoms with Gasteiger partial charge >= 0.3 is 0 Å². The van der Waals surface area contributed by atoms with Gasteiger partial charge in [0.25, 0.3) is 5.91 Å². The molecule has 1 rings (SSSR count). The molecular weight excluding hydrogens is 240 g/mol. The van der Waals surface area contributed by atoms with Crippen molar-refractivity contribution >= 4 is 35.2 Å². The second kappa shape index (κ2) is 5.39. The number of carbonyl (C=O) groups is 2. The first-order chi connectivity index (χ1) is 7.02. The van der Waals surface area contributed by atoms with Crippen molar-refractivity contribution in [2.45, 2.75) is 13.2 Å². The van der Waals surface area contributed by atoms with Crippen molar-refractivity contribution in [2.24, 2.45) is 0 Å². The molecule has 84 valence electrons. The van der Waals surface area contributed by atoms with Crippen LogP contribution in [-0.4, -0.2) is 35.4 Å². The smallest absolute Gasteiger partial charge is 0.266 e. The first-order valence-corrected chi connectivity index (χ1v) is 5.64. The molecule has 0 aromatic rings. The Bertz CT molecular complexity index is 319. The van der Waals surface area contributed by atoms with E-state index in [1.165, 1.54) is 18.7 Å². The molecule has 0 saturated carbocycles. The monoisotopic (exact) mass is 250 g/mol. The summed E-state index contributed by atoms with van der Waals surface area (Å²) < 4.78 is 0. The van der Waals surface area contributed by atoms with Crippen molar-refractivity contribution in [3.8, 4) is 0 Å². The van der Waals surface area contributed by atoms with Crippen LogP contribution in [0.5, 0.6) is 0 Å². The molecule has 15 heavy (non-hydrogen) atoms. The van der Waals surface area contributed by atoms with E-state index in [1.807, 2.05) is 0 Å². The molecule has 0 aromatic heterocycles. The number of hydrogen-bond donors (Lipinski definition) is 3. The molecule has 0 fully saturated rings. The molecule has 1 atom stereocenters. The van der Waals surface area contributed by atoms with Crippen molar-refractivity contribution in [1.82, 2.24) is 10.6 Å². The molecule has 0 radical (unpaired) electrons. The predicted octanol–water partition coefficient (Wildman–Crippen LogP) is -0.246. The summed E-state index contributed by atoms with van der Waals surface area (Å²) in [5, 5.41) is 14.2. The SMILES string of the molecule is CC(=O)NCCSC1=C(Cl)C(=O)NC1O. The summed E-state index contributed by atoms with van der Waals surface area (Å²) in [5.41, 5.74) is 0. The molecule has 1 aliphatic rings. The Morgan fingerprint density at radius 2 is 2.40 bits per heavy atom. The highest BCUT2D eigenvalue weighted by molar-refractivity contribution is 8.03. The van der Waals surface area contributed by atoms with E-state index in [9.17, 15) is 14.7 Å². The highest BCUT2D eigenvalue weighted by Gasteiger charge is 2.28. The molecule has 5 nitrogen and oxygen atoms in total. The van der Waals surface area contributed by atoms with Gasteiger partial charge in [-0.1, -0.05) is 11.6 Å². The number of amides is 2. The molecule has 7 heteroatoms. The summed E-state index contributed by atoms with van der Waals surface area (Å²) >= 11 is 6.91. The lowest BCUT2D eigenvalue weighted by Crippen LogP contribution is -2.28. The number of nitrogens with one attached hydrogen (secondary N) is 2. The zero-order valence-electron chi connectivity index (χ0n) is 8.04. The summed E-state index contributed by atoms with van der Waals surface area (Å²) in [4.78, 5) is 21.9. The number of carbonyl (C=O) groups excluding carboxylic acids is 2. The third-order valence-electron chi connectivity index (χ3n) is 1.67. The Morgan fingerprint density at radius 3 is 2.87 bits per heavy atom. The third kappa shape index (κ3) is 3.40. The number of aliphatic hydroxyl groups excluding tert-OH is 1. The lowest BCUT2D eigenvalue weighted by atomic mass is 10.5. The van der Waals surface area contributed by atoms with Crippen LogP contribution in [0.3, 0.4) is 0 Å². The van der Waals surface area contributed by atoms with Gasteiger partial charge in [0, 0.05) is 19.2 Å². The van der Waals surface area contributed by atoms with Crippen LogP contribution in [0.15, 0.2) is 9.94 Å². The van der Waals surface area contributed by atoms with E-state index >= 15 is 0 Å². The number of rotatable bonds is 4. The molecule has 1 unspecified atom stereocenters. The van der Waals surface area contributed by atoms with Crippen LogP contribution in [0.1, 0.15) is 6.92 Å². The molecule has 0 bridgehead atoms. The summed E-state index contributed by atoms with van der Waals surface area (Å²) in [7, 11) is 0. The minimum absolute atomic E-state index is 0.0234. The maximum absolute atomic E-state index is 11.0. The summed E-state index contributed by atoms with van der Waals surface area (Å²) in [5.74, 6) is -0.0278. The predicted molar refractivity (Wildman–Crippen MR) is 58.2 cm³/mol. The van der Waals surface area contributed by atoms with E-state index in [4.69, 9.17) is 11.6 Å². The Kier molecular flexibility index (Phi) is 4.44. The summed E-state index contributed by atoms with van der Waals surface area (Å²) in [6.45, 7) is 1.89. The zero-order chi connectivity index (χ0) is 11.4. The van der Waals surface area contributed by atoms with Gasteiger partial charge in [-0.05, 0) is 0 Å². The first kappa shape index (κ1) is 12.4. The molecule has 1 aliphatic heterocycles. The number of aliphatic hydroxyl groups is 1. The maximum atomic E-state index is 11.0. The maximum Gasteiger partial charge on any atom is 0.266 e. The van der Waals surface area contributed by atoms with Crippen LogP contribution < -0.4 is 10.6 Å². The van der Waals surface area contributed by atoms with Crippen molar-refractivity contribution in [3.05, 3.63) is 9.94 Å². The molecule has 0 aromatic carbocycles. The normalized spacial score (nSPS) is 20.5. The largest absolute Gasteiger partial charge is 0.369 e. The van der Waals surface area contributed by atoms with Crippen LogP contribution in [-0.2, 0) is 9.59 Å². The van der Waals surface area contributed by atoms with E-state index in [2.05, 4.69) is 10.6 Å². The van der Waals surface area contributed by atoms with Crippen LogP contribution in [0.25, 0.3) is 0 Å². The average molecular weight is 251 g/mol. The Balaban J connectivity index is 2.38. The van der Waals surface area contributed by atoms with Gasteiger partial charge in [-0.25, -0.2) is 0 Å². The number of hydrogen-bond acceptors (Lipinski definition) is 4. The number of thioether (sulfide) groups is 1. The van der Waals surface area contributed by atoms with E-state index in [1.54, 1.807) is 0 Å². The van der Waals surface area contributed by atoms with Crippen molar-refractivity contribution in [2.75, 3.05) is 12.3 Å². The van der Waals surface area contributed by atoms with Gasteiger partial charge in [-0.3, -0.25) is 9.59 Å². The second-order valence-corrected chi connectivity index (χ2v) is 4.40. The third-order valence-corrected chi connectivity index (χ3v) is 3.30. The van der Waals surface area contributed by atoms with Crippen molar-refractivity contribution in [3.63, 3.8) is 0 Å². The zero-order valence-corrected chi connectivity index (χ0v) is 9.61. The summed E-state index contributed by atoms with van der Waals surface area (Å²) in [6.07, 6.45) is -1.02. The lowest BCUT2D eigenvalue weighted by molar-refractivity contribution is -0.119. The molecule has 0 aliphatic carbocycles. The molecule has 3 N–H and O–H groups in total. The van der Waals surface area contributed by atoms with E-state index < -0.39 is 12.1 Å². The first-order valence-electron chi connectivity index (χ1n) is 4.28. The fraction of sp³-hybridized carbons (Fsp3) is 0.500. The lowest BCUT2D eigenvalue weighted by Gasteiger charge is -2.07. The average Bonchev–Trinajstić information content (AvgIpc) is 2.37. The highest BCUT2D eigenvalue weighted by atomic mass is 35.5. The second-order valence-electron chi connectivity index (χ2n) is 2.89. The van der Waals surface area contributed by atoms with Crippen molar-refractivity contribution in [1.29, 1.82) is 0 Å². The van der Waals surface area contributed by atoms with Gasteiger partial charge in [-0.15, -0.1) is 11.8 Å². The van der Waals surface area contributed by atoms with Gasteiger partial charge in [0.15, 0.2) is 6.23 Å². The van der Waals surface area contributed by atoms with Crippen LogP contribution in [0, 0.1) is 0 Å².